The van der Waals surface area contributed by atoms with Crippen LogP contribution in [0.5, 0.6) is 0 Å². The molecule has 2 atom stereocenters. The van der Waals surface area contributed by atoms with Crippen LogP contribution in [-0.4, -0.2) is 18.0 Å². The van der Waals surface area contributed by atoms with Crippen LogP contribution < -0.4 is 10.6 Å². The first kappa shape index (κ1) is 14.1. The number of carbonyl (C=O) groups is 1. The van der Waals surface area contributed by atoms with Crippen LogP contribution >= 0.6 is 0 Å². The van der Waals surface area contributed by atoms with E-state index in [1.54, 1.807) is 0 Å². The van der Waals surface area contributed by atoms with Crippen molar-refractivity contribution in [2.24, 2.45) is 5.92 Å². The molecule has 1 amide bonds. The summed E-state index contributed by atoms with van der Waals surface area (Å²) in [6, 6.07) is 9.87. The highest BCUT2D eigenvalue weighted by atomic mass is 16.2. The van der Waals surface area contributed by atoms with Crippen LogP contribution in [0, 0.1) is 5.92 Å². The third-order valence-electron chi connectivity index (χ3n) is 4.05. The summed E-state index contributed by atoms with van der Waals surface area (Å²) in [4.78, 5) is 12.1. The van der Waals surface area contributed by atoms with Gasteiger partial charge >= 0.3 is 0 Å². The Bertz CT molecular complexity index is 398. The minimum Gasteiger partial charge on any atom is -0.325 e. The molecule has 3 heteroatoms. The van der Waals surface area contributed by atoms with E-state index >= 15 is 0 Å². The molecule has 0 bridgehead atoms. The van der Waals surface area contributed by atoms with Crippen LogP contribution in [0.2, 0.25) is 0 Å². The summed E-state index contributed by atoms with van der Waals surface area (Å²) in [6.07, 6.45) is 5.25. The Morgan fingerprint density at radius 2 is 1.79 bits per heavy atom. The molecule has 1 saturated carbocycles. The van der Waals surface area contributed by atoms with E-state index in [4.69, 9.17) is 0 Å². The number of amides is 1. The second-order valence-corrected chi connectivity index (χ2v) is 5.58. The number of nitrogens with one attached hydrogen (secondary N) is 2. The Balaban J connectivity index is 1.81. The zero-order valence-corrected chi connectivity index (χ0v) is 11.9. The van der Waals surface area contributed by atoms with Crippen molar-refractivity contribution >= 4 is 11.6 Å². The van der Waals surface area contributed by atoms with Crippen molar-refractivity contribution in [3.05, 3.63) is 30.3 Å². The number of carbonyl (C=O) groups excluding carboxylic acids is 1. The number of hydrogen-bond acceptors (Lipinski definition) is 2. The molecular formula is C16H24N2O. The summed E-state index contributed by atoms with van der Waals surface area (Å²) in [7, 11) is 0. The minimum absolute atomic E-state index is 0.0380. The van der Waals surface area contributed by atoms with Crippen LogP contribution in [-0.2, 0) is 4.79 Å². The number of rotatable bonds is 5. The first-order valence-electron chi connectivity index (χ1n) is 7.29. The van der Waals surface area contributed by atoms with Gasteiger partial charge in [-0.25, -0.2) is 0 Å². The van der Waals surface area contributed by atoms with Gasteiger partial charge in [-0.15, -0.1) is 0 Å². The smallest absolute Gasteiger partial charge is 0.241 e. The summed E-state index contributed by atoms with van der Waals surface area (Å²) in [5, 5.41) is 6.37. The average Bonchev–Trinajstić information content (AvgIpc) is 2.93. The van der Waals surface area contributed by atoms with Crippen molar-refractivity contribution in [1.82, 2.24) is 5.32 Å². The van der Waals surface area contributed by atoms with Gasteiger partial charge in [-0.2, -0.15) is 0 Å². The van der Waals surface area contributed by atoms with Gasteiger partial charge in [-0.05, 0) is 44.7 Å². The fourth-order valence-corrected chi connectivity index (χ4v) is 2.84. The van der Waals surface area contributed by atoms with Crippen LogP contribution in [0.25, 0.3) is 0 Å². The molecule has 0 radical (unpaired) electrons. The topological polar surface area (TPSA) is 41.1 Å². The molecular weight excluding hydrogens is 236 g/mol. The Kier molecular flexibility index (Phi) is 4.97. The van der Waals surface area contributed by atoms with Gasteiger partial charge in [-0.3, -0.25) is 4.79 Å². The van der Waals surface area contributed by atoms with E-state index in [2.05, 4.69) is 17.6 Å². The summed E-state index contributed by atoms with van der Waals surface area (Å²) >= 11 is 0. The molecule has 1 aliphatic carbocycles. The predicted octanol–water partition coefficient (Wildman–Crippen LogP) is 3.18. The van der Waals surface area contributed by atoms with E-state index in [1.807, 2.05) is 37.3 Å². The predicted molar refractivity (Wildman–Crippen MR) is 79.1 cm³/mol. The molecule has 104 valence electrons. The van der Waals surface area contributed by atoms with Crippen LogP contribution in [0.4, 0.5) is 5.69 Å². The molecule has 1 unspecified atom stereocenters. The van der Waals surface area contributed by atoms with Crippen molar-refractivity contribution in [3.8, 4) is 0 Å². The average molecular weight is 260 g/mol. The highest BCUT2D eigenvalue weighted by Crippen LogP contribution is 2.27. The summed E-state index contributed by atoms with van der Waals surface area (Å²) < 4.78 is 0. The molecule has 0 spiro atoms. The SMILES string of the molecule is CC(N[C@@H](C)C1CCCC1)C(=O)Nc1ccccc1. The Labute approximate surface area is 115 Å². The Hall–Kier alpha value is -1.35. The summed E-state index contributed by atoms with van der Waals surface area (Å²) in [5.41, 5.74) is 0.856. The van der Waals surface area contributed by atoms with E-state index in [-0.39, 0.29) is 11.9 Å². The van der Waals surface area contributed by atoms with E-state index in [1.165, 1.54) is 25.7 Å². The molecule has 1 fully saturated rings. The molecule has 2 rings (SSSR count). The van der Waals surface area contributed by atoms with Gasteiger partial charge in [0.05, 0.1) is 6.04 Å². The van der Waals surface area contributed by atoms with Crippen molar-refractivity contribution in [3.63, 3.8) is 0 Å². The van der Waals surface area contributed by atoms with Gasteiger partial charge in [0.25, 0.3) is 0 Å². The van der Waals surface area contributed by atoms with E-state index < -0.39 is 0 Å². The van der Waals surface area contributed by atoms with Gasteiger partial charge in [0.15, 0.2) is 0 Å². The molecule has 0 heterocycles. The van der Waals surface area contributed by atoms with Crippen LogP contribution in [0.3, 0.4) is 0 Å². The number of hydrogen-bond donors (Lipinski definition) is 2. The monoisotopic (exact) mass is 260 g/mol. The van der Waals surface area contributed by atoms with Gasteiger partial charge in [0.1, 0.15) is 0 Å². The molecule has 1 aliphatic rings. The number of anilines is 1. The number of benzene rings is 1. The zero-order chi connectivity index (χ0) is 13.7. The highest BCUT2D eigenvalue weighted by Gasteiger charge is 2.24. The quantitative estimate of drug-likeness (QED) is 0.853. The maximum Gasteiger partial charge on any atom is 0.241 e. The van der Waals surface area contributed by atoms with E-state index in [9.17, 15) is 4.79 Å². The van der Waals surface area contributed by atoms with Gasteiger partial charge < -0.3 is 10.6 Å². The van der Waals surface area contributed by atoms with Crippen molar-refractivity contribution in [1.29, 1.82) is 0 Å². The second-order valence-electron chi connectivity index (χ2n) is 5.58. The third kappa shape index (κ3) is 4.06. The van der Waals surface area contributed by atoms with Crippen molar-refractivity contribution < 1.29 is 4.79 Å². The second kappa shape index (κ2) is 6.71. The zero-order valence-electron chi connectivity index (χ0n) is 11.9. The van der Waals surface area contributed by atoms with Gasteiger partial charge in [0.2, 0.25) is 5.91 Å². The fraction of sp³-hybridized carbons (Fsp3) is 0.562. The highest BCUT2D eigenvalue weighted by molar-refractivity contribution is 5.94. The molecule has 0 aliphatic heterocycles. The Morgan fingerprint density at radius 3 is 2.42 bits per heavy atom. The molecule has 0 aromatic heterocycles. The van der Waals surface area contributed by atoms with Gasteiger partial charge in [0, 0.05) is 11.7 Å². The normalized spacial score (nSPS) is 19.1. The lowest BCUT2D eigenvalue weighted by Gasteiger charge is -2.24. The lowest BCUT2D eigenvalue weighted by Crippen LogP contribution is -2.45. The Morgan fingerprint density at radius 1 is 1.16 bits per heavy atom. The first-order chi connectivity index (χ1) is 9.16. The summed E-state index contributed by atoms with van der Waals surface area (Å²) in [5.74, 6) is 0.767. The van der Waals surface area contributed by atoms with Crippen molar-refractivity contribution in [2.75, 3.05) is 5.32 Å². The molecule has 0 saturated heterocycles. The fourth-order valence-electron chi connectivity index (χ4n) is 2.84. The lowest BCUT2D eigenvalue weighted by molar-refractivity contribution is -0.118. The van der Waals surface area contributed by atoms with Crippen molar-refractivity contribution in [2.45, 2.75) is 51.6 Å². The lowest BCUT2D eigenvalue weighted by atomic mass is 9.99. The minimum atomic E-state index is -0.157. The molecule has 3 nitrogen and oxygen atoms in total. The largest absolute Gasteiger partial charge is 0.325 e. The van der Waals surface area contributed by atoms with Gasteiger partial charge in [-0.1, -0.05) is 31.0 Å². The maximum absolute atomic E-state index is 12.1. The molecule has 2 N–H and O–H groups in total. The van der Waals surface area contributed by atoms with Crippen LogP contribution in [0.1, 0.15) is 39.5 Å². The number of para-hydroxylation sites is 1. The summed E-state index contributed by atoms with van der Waals surface area (Å²) in [6.45, 7) is 4.13. The standard InChI is InChI=1S/C16H24N2O/c1-12(14-8-6-7-9-14)17-13(2)16(19)18-15-10-4-3-5-11-15/h3-5,10-14,17H,6-9H2,1-2H3,(H,18,19)/t12-,13?/m0/s1. The van der Waals surface area contributed by atoms with E-state index in [0.717, 1.165) is 11.6 Å². The van der Waals surface area contributed by atoms with Crippen LogP contribution in [0.15, 0.2) is 30.3 Å². The first-order valence-corrected chi connectivity index (χ1v) is 7.29. The molecule has 1 aromatic carbocycles. The van der Waals surface area contributed by atoms with E-state index in [0.29, 0.717) is 6.04 Å². The maximum atomic E-state index is 12.1. The third-order valence-corrected chi connectivity index (χ3v) is 4.05. The molecule has 19 heavy (non-hydrogen) atoms. The molecule has 1 aromatic rings.